The molecule has 0 saturated carbocycles. The minimum absolute atomic E-state index is 0.0199. The Morgan fingerprint density at radius 3 is 2.65 bits per heavy atom. The van der Waals surface area contributed by atoms with E-state index in [0.717, 1.165) is 11.3 Å². The monoisotopic (exact) mass is 447 g/mol. The molecule has 0 aliphatic rings. The molecule has 2 aromatic heterocycles. The highest BCUT2D eigenvalue weighted by atomic mass is 32.1. The summed E-state index contributed by atoms with van der Waals surface area (Å²) in [7, 11) is 4.48. The van der Waals surface area contributed by atoms with Crippen molar-refractivity contribution in [1.82, 2.24) is 9.55 Å². The van der Waals surface area contributed by atoms with Gasteiger partial charge in [0.25, 0.3) is 5.56 Å². The van der Waals surface area contributed by atoms with Crippen LogP contribution in [0.4, 0.5) is 5.69 Å². The third-order valence-electron chi connectivity index (χ3n) is 4.52. The van der Waals surface area contributed by atoms with Crippen molar-refractivity contribution < 1.29 is 28.9 Å². The van der Waals surface area contributed by atoms with Gasteiger partial charge >= 0.3 is 5.97 Å². The van der Waals surface area contributed by atoms with Crippen LogP contribution in [0.5, 0.6) is 11.5 Å². The highest BCUT2D eigenvalue weighted by Gasteiger charge is 2.21. The predicted octanol–water partition coefficient (Wildman–Crippen LogP) is 2.00. The van der Waals surface area contributed by atoms with Gasteiger partial charge in [-0.05, 0) is 12.1 Å². The number of aromatic nitrogens is 2. The molecule has 0 bridgehead atoms. The van der Waals surface area contributed by atoms with E-state index in [1.807, 2.05) is 0 Å². The maximum atomic E-state index is 13.1. The Morgan fingerprint density at radius 2 is 2.00 bits per heavy atom. The molecular weight excluding hydrogens is 426 g/mol. The molecule has 3 aromatic rings. The number of hydrogen-bond donors (Lipinski definition) is 2. The van der Waals surface area contributed by atoms with E-state index in [0.29, 0.717) is 27.8 Å². The molecule has 0 spiro atoms. The lowest BCUT2D eigenvalue weighted by atomic mass is 10.2. The Morgan fingerprint density at radius 1 is 1.23 bits per heavy atom. The molecule has 2 heterocycles. The number of aromatic carboxylic acids is 1. The number of rotatable bonds is 9. The molecular formula is C20H21N3O7S. The van der Waals surface area contributed by atoms with Crippen LogP contribution in [0, 0.1) is 0 Å². The zero-order valence-corrected chi connectivity index (χ0v) is 17.9. The number of amides is 1. The number of hydrogen-bond acceptors (Lipinski definition) is 8. The van der Waals surface area contributed by atoms with Crippen LogP contribution in [0.2, 0.25) is 0 Å². The molecule has 0 radical (unpaired) electrons. The van der Waals surface area contributed by atoms with Crippen LogP contribution in [0.3, 0.4) is 0 Å². The van der Waals surface area contributed by atoms with E-state index in [1.165, 1.54) is 31.3 Å². The van der Waals surface area contributed by atoms with Gasteiger partial charge in [-0.25, -0.2) is 9.78 Å². The number of nitrogens with zero attached hydrogens (tertiary/aromatic N) is 2. The van der Waals surface area contributed by atoms with Crippen LogP contribution >= 0.6 is 11.3 Å². The second kappa shape index (κ2) is 9.58. The standard InChI is InChI=1S/C20H21N3O7S/c1-28-7-6-15-22-18-17(12(10-31-18)20(26)27)19(25)23(15)9-16(24)21-13-5-4-11(29-2)8-14(13)30-3/h4-5,8,10H,6-7,9H2,1-3H3,(H,21,24)(H,26,27). The fourth-order valence-electron chi connectivity index (χ4n) is 3.01. The summed E-state index contributed by atoms with van der Waals surface area (Å²) in [5.74, 6) is -0.457. The second-order valence-electron chi connectivity index (χ2n) is 6.41. The number of carboxylic acids is 1. The van der Waals surface area contributed by atoms with Crippen LogP contribution in [-0.4, -0.2) is 54.5 Å². The number of carboxylic acid groups (broad SMARTS) is 1. The summed E-state index contributed by atoms with van der Waals surface area (Å²) in [5.41, 5.74) is -0.330. The number of methoxy groups -OCH3 is 3. The van der Waals surface area contributed by atoms with Crippen molar-refractivity contribution in [1.29, 1.82) is 0 Å². The van der Waals surface area contributed by atoms with Gasteiger partial charge in [0.05, 0.1) is 37.5 Å². The van der Waals surface area contributed by atoms with Gasteiger partial charge in [-0.3, -0.25) is 14.2 Å². The molecule has 1 aromatic carbocycles. The van der Waals surface area contributed by atoms with Crippen molar-refractivity contribution in [2.24, 2.45) is 0 Å². The van der Waals surface area contributed by atoms with Crippen molar-refractivity contribution in [3.63, 3.8) is 0 Å². The Labute approximate surface area is 181 Å². The Kier molecular flexibility index (Phi) is 6.88. The quantitative estimate of drug-likeness (QED) is 0.510. The number of anilines is 1. The molecule has 0 unspecified atom stereocenters. The zero-order valence-electron chi connectivity index (χ0n) is 17.1. The largest absolute Gasteiger partial charge is 0.497 e. The van der Waals surface area contributed by atoms with Crippen molar-refractivity contribution in [2.75, 3.05) is 33.3 Å². The molecule has 31 heavy (non-hydrogen) atoms. The average Bonchev–Trinajstić information content (AvgIpc) is 3.19. The van der Waals surface area contributed by atoms with Crippen LogP contribution < -0.4 is 20.3 Å². The second-order valence-corrected chi connectivity index (χ2v) is 7.27. The first kappa shape index (κ1) is 22.2. The van der Waals surface area contributed by atoms with E-state index in [-0.39, 0.29) is 30.5 Å². The van der Waals surface area contributed by atoms with E-state index in [9.17, 15) is 19.5 Å². The number of thiophene rings is 1. The molecule has 0 fully saturated rings. The van der Waals surface area contributed by atoms with E-state index in [1.54, 1.807) is 18.2 Å². The van der Waals surface area contributed by atoms with Crippen LogP contribution in [0.1, 0.15) is 16.2 Å². The van der Waals surface area contributed by atoms with Crippen molar-refractivity contribution >= 4 is 39.1 Å². The van der Waals surface area contributed by atoms with Gasteiger partial charge in [-0.2, -0.15) is 0 Å². The third-order valence-corrected chi connectivity index (χ3v) is 5.39. The van der Waals surface area contributed by atoms with Crippen LogP contribution in [0.15, 0.2) is 28.4 Å². The van der Waals surface area contributed by atoms with Crippen molar-refractivity contribution in [2.45, 2.75) is 13.0 Å². The molecule has 1 amide bonds. The number of fused-ring (bicyclic) bond motifs is 1. The average molecular weight is 447 g/mol. The molecule has 2 N–H and O–H groups in total. The lowest BCUT2D eigenvalue weighted by molar-refractivity contribution is -0.116. The first-order valence-corrected chi connectivity index (χ1v) is 10.0. The van der Waals surface area contributed by atoms with E-state index in [2.05, 4.69) is 10.3 Å². The Hall–Kier alpha value is -3.44. The third kappa shape index (κ3) is 4.67. The van der Waals surface area contributed by atoms with Gasteiger partial charge in [0.15, 0.2) is 0 Å². The van der Waals surface area contributed by atoms with E-state index < -0.39 is 17.4 Å². The molecule has 0 aliphatic carbocycles. The Balaban J connectivity index is 1.98. The van der Waals surface area contributed by atoms with Crippen molar-refractivity contribution in [3.05, 3.63) is 45.3 Å². The first-order chi connectivity index (χ1) is 14.9. The highest BCUT2D eigenvalue weighted by molar-refractivity contribution is 7.17. The lowest BCUT2D eigenvalue weighted by Gasteiger charge is -2.14. The minimum Gasteiger partial charge on any atom is -0.497 e. The van der Waals surface area contributed by atoms with E-state index in [4.69, 9.17) is 14.2 Å². The first-order valence-electron chi connectivity index (χ1n) is 9.14. The summed E-state index contributed by atoms with van der Waals surface area (Å²) >= 11 is 1.07. The molecule has 0 saturated heterocycles. The van der Waals surface area contributed by atoms with Crippen LogP contribution in [-0.2, 0) is 22.5 Å². The summed E-state index contributed by atoms with van der Waals surface area (Å²) in [6.07, 6.45) is 0.279. The summed E-state index contributed by atoms with van der Waals surface area (Å²) in [4.78, 5) is 42.1. The van der Waals surface area contributed by atoms with Gasteiger partial charge < -0.3 is 24.6 Å². The fraction of sp³-hybridized carbons (Fsp3) is 0.300. The number of carbonyl (C=O) groups excluding carboxylic acids is 1. The SMILES string of the molecule is COCCc1nc2scc(C(=O)O)c2c(=O)n1CC(=O)Nc1ccc(OC)cc1OC. The molecule has 11 heteroatoms. The maximum absolute atomic E-state index is 13.1. The Bertz CT molecular complexity index is 1190. The van der Waals surface area contributed by atoms with Crippen molar-refractivity contribution in [3.8, 4) is 11.5 Å². The highest BCUT2D eigenvalue weighted by Crippen LogP contribution is 2.29. The molecule has 10 nitrogen and oxygen atoms in total. The van der Waals surface area contributed by atoms with Gasteiger partial charge in [-0.1, -0.05) is 0 Å². The van der Waals surface area contributed by atoms with E-state index >= 15 is 0 Å². The molecule has 164 valence electrons. The summed E-state index contributed by atoms with van der Waals surface area (Å²) in [5, 5.41) is 13.4. The van der Waals surface area contributed by atoms with Gasteiger partial charge in [0.2, 0.25) is 5.91 Å². The number of carbonyl (C=O) groups is 2. The zero-order chi connectivity index (χ0) is 22.5. The maximum Gasteiger partial charge on any atom is 0.337 e. The smallest absolute Gasteiger partial charge is 0.337 e. The lowest BCUT2D eigenvalue weighted by Crippen LogP contribution is -2.32. The fourth-order valence-corrected chi connectivity index (χ4v) is 3.93. The number of nitrogens with one attached hydrogen (secondary N) is 1. The number of ether oxygens (including phenoxy) is 3. The van der Waals surface area contributed by atoms with Gasteiger partial charge in [-0.15, -0.1) is 11.3 Å². The summed E-state index contributed by atoms with van der Waals surface area (Å²) in [6.45, 7) is -0.0755. The van der Waals surface area contributed by atoms with Crippen LogP contribution in [0.25, 0.3) is 10.2 Å². The van der Waals surface area contributed by atoms with Gasteiger partial charge in [0.1, 0.15) is 28.7 Å². The molecule has 3 rings (SSSR count). The molecule has 0 atom stereocenters. The summed E-state index contributed by atoms with van der Waals surface area (Å²) in [6, 6.07) is 4.89. The normalized spacial score (nSPS) is 10.8. The molecule has 0 aliphatic heterocycles. The predicted molar refractivity (Wildman–Crippen MR) is 115 cm³/mol. The number of benzene rings is 1. The minimum atomic E-state index is -1.23. The van der Waals surface area contributed by atoms with Gasteiger partial charge in [0, 0.05) is 25.0 Å². The summed E-state index contributed by atoms with van der Waals surface area (Å²) < 4.78 is 16.7. The topological polar surface area (TPSA) is 129 Å².